The van der Waals surface area contributed by atoms with Gasteiger partial charge in [0.1, 0.15) is 0 Å². The predicted octanol–water partition coefficient (Wildman–Crippen LogP) is 2.40. The van der Waals surface area contributed by atoms with Crippen LogP contribution in [-0.4, -0.2) is 29.5 Å². The first-order chi connectivity index (χ1) is 8.73. The molecule has 2 heterocycles. The summed E-state index contributed by atoms with van der Waals surface area (Å²) in [6.07, 6.45) is 2.35. The summed E-state index contributed by atoms with van der Waals surface area (Å²) in [6.45, 7) is 3.00. The minimum Gasteiger partial charge on any atom is -0.369 e. The molecule has 3 rings (SSSR count). The Morgan fingerprint density at radius 1 is 1.28 bits per heavy atom. The zero-order chi connectivity index (χ0) is 12.6. The molecule has 1 aromatic rings. The highest BCUT2D eigenvalue weighted by Crippen LogP contribution is 2.39. The molecule has 96 valence electrons. The predicted molar refractivity (Wildman–Crippen MR) is 79.4 cm³/mol. The lowest BCUT2D eigenvalue weighted by Crippen LogP contribution is -2.54. The van der Waals surface area contributed by atoms with Gasteiger partial charge in [-0.1, -0.05) is 18.2 Å². The molecule has 0 bridgehead atoms. The van der Waals surface area contributed by atoms with Gasteiger partial charge in [0.25, 0.3) is 0 Å². The van der Waals surface area contributed by atoms with E-state index in [1.807, 2.05) is 11.8 Å². The van der Waals surface area contributed by atoms with Crippen molar-refractivity contribution in [3.63, 3.8) is 0 Å². The second-order valence-electron chi connectivity index (χ2n) is 5.13. The number of thioether (sulfide) groups is 1. The number of nitrogens with two attached hydrogens (primary N) is 1. The second-order valence-corrected chi connectivity index (χ2v) is 6.36. The van der Waals surface area contributed by atoms with Gasteiger partial charge in [0, 0.05) is 5.69 Å². The first kappa shape index (κ1) is 11.9. The lowest BCUT2D eigenvalue weighted by Gasteiger charge is -2.42. The van der Waals surface area contributed by atoms with Crippen LogP contribution in [0.5, 0.6) is 0 Å². The van der Waals surface area contributed by atoms with Gasteiger partial charge in [0.15, 0.2) is 5.96 Å². The van der Waals surface area contributed by atoms with Crippen LogP contribution in [0.4, 0.5) is 5.69 Å². The molecule has 0 saturated carbocycles. The van der Waals surface area contributed by atoms with E-state index in [0.717, 1.165) is 6.54 Å². The minimum atomic E-state index is 0.140. The van der Waals surface area contributed by atoms with Crippen LogP contribution < -0.4 is 10.6 Å². The Morgan fingerprint density at radius 3 is 2.72 bits per heavy atom. The molecule has 0 radical (unpaired) electrons. The maximum Gasteiger partial charge on any atom is 0.196 e. The van der Waals surface area contributed by atoms with Crippen LogP contribution in [0.3, 0.4) is 0 Å². The molecule has 1 aromatic carbocycles. The largest absolute Gasteiger partial charge is 0.369 e. The van der Waals surface area contributed by atoms with Gasteiger partial charge >= 0.3 is 0 Å². The van der Waals surface area contributed by atoms with Crippen molar-refractivity contribution >= 4 is 23.4 Å². The number of aliphatic imine (C=N–C) groups is 1. The quantitative estimate of drug-likeness (QED) is 0.844. The Kier molecular flexibility index (Phi) is 2.98. The van der Waals surface area contributed by atoms with Crippen LogP contribution in [0.2, 0.25) is 0 Å². The fraction of sp³-hybridized carbons (Fsp3) is 0.500. The molecule has 2 aliphatic rings. The maximum atomic E-state index is 6.15. The monoisotopic (exact) mass is 261 g/mol. The molecule has 1 spiro atoms. The molecule has 2 aliphatic heterocycles. The van der Waals surface area contributed by atoms with Crippen LogP contribution in [0.25, 0.3) is 0 Å². The van der Waals surface area contributed by atoms with E-state index in [0.29, 0.717) is 5.96 Å². The lowest BCUT2D eigenvalue weighted by molar-refractivity contribution is 0.424. The summed E-state index contributed by atoms with van der Waals surface area (Å²) >= 11 is 2.04. The van der Waals surface area contributed by atoms with Gasteiger partial charge in [-0.3, -0.25) is 4.99 Å². The molecule has 0 unspecified atom stereocenters. The van der Waals surface area contributed by atoms with Crippen molar-refractivity contribution in [1.29, 1.82) is 0 Å². The fourth-order valence-electron chi connectivity index (χ4n) is 2.94. The van der Waals surface area contributed by atoms with Crippen LogP contribution in [0.1, 0.15) is 18.4 Å². The molecular formula is C14H19N3S. The molecule has 0 aromatic heterocycles. The highest BCUT2D eigenvalue weighted by Gasteiger charge is 2.44. The van der Waals surface area contributed by atoms with Crippen LogP contribution >= 0.6 is 11.8 Å². The third-order valence-corrected chi connectivity index (χ3v) is 5.00. The number of para-hydroxylation sites is 1. The Bertz CT molecular complexity index is 478. The molecule has 4 heteroatoms. The molecular weight excluding hydrogens is 242 g/mol. The molecule has 2 N–H and O–H groups in total. The number of hydrogen-bond donors (Lipinski definition) is 1. The van der Waals surface area contributed by atoms with Crippen molar-refractivity contribution in [2.24, 2.45) is 10.7 Å². The number of nitrogens with zero attached hydrogens (tertiary/aromatic N) is 2. The van der Waals surface area contributed by atoms with E-state index in [9.17, 15) is 0 Å². The van der Waals surface area contributed by atoms with Crippen molar-refractivity contribution in [2.45, 2.75) is 25.3 Å². The first-order valence-corrected chi connectivity index (χ1v) is 7.62. The number of guanidine groups is 1. The third kappa shape index (κ3) is 1.79. The van der Waals surface area contributed by atoms with E-state index in [2.05, 4.69) is 41.1 Å². The lowest BCUT2D eigenvalue weighted by atomic mass is 9.90. The number of aryl methyl sites for hydroxylation is 1. The molecule has 18 heavy (non-hydrogen) atoms. The molecule has 0 aliphatic carbocycles. The van der Waals surface area contributed by atoms with Crippen molar-refractivity contribution < 1.29 is 0 Å². The van der Waals surface area contributed by atoms with Crippen molar-refractivity contribution in [1.82, 2.24) is 0 Å². The normalized spacial score (nSPS) is 22.3. The summed E-state index contributed by atoms with van der Waals surface area (Å²) in [5.41, 5.74) is 8.79. The average Bonchev–Trinajstić information content (AvgIpc) is 2.69. The van der Waals surface area contributed by atoms with E-state index in [4.69, 9.17) is 5.73 Å². The van der Waals surface area contributed by atoms with Gasteiger partial charge in [-0.05, 0) is 42.9 Å². The molecule has 1 saturated heterocycles. The standard InChI is InChI=1S/C14H19N3S/c1-11-4-2-3-5-12(11)17-13(15)16-10-14(17)6-8-18-9-7-14/h2-5H,6-10H2,1H3,(H2,15,16). The van der Waals surface area contributed by atoms with Crippen LogP contribution in [0.15, 0.2) is 29.3 Å². The number of hydrogen-bond acceptors (Lipinski definition) is 4. The second kappa shape index (κ2) is 4.50. The van der Waals surface area contributed by atoms with Gasteiger partial charge < -0.3 is 10.6 Å². The van der Waals surface area contributed by atoms with Gasteiger partial charge in [-0.2, -0.15) is 11.8 Å². The van der Waals surface area contributed by atoms with Crippen LogP contribution in [-0.2, 0) is 0 Å². The zero-order valence-electron chi connectivity index (χ0n) is 10.7. The van der Waals surface area contributed by atoms with E-state index in [1.54, 1.807) is 0 Å². The Hall–Kier alpha value is -1.16. The average molecular weight is 261 g/mol. The minimum absolute atomic E-state index is 0.140. The van der Waals surface area contributed by atoms with E-state index in [1.165, 1.54) is 35.6 Å². The van der Waals surface area contributed by atoms with Gasteiger partial charge in [-0.15, -0.1) is 0 Å². The summed E-state index contributed by atoms with van der Waals surface area (Å²) in [5.74, 6) is 3.12. The SMILES string of the molecule is Cc1ccccc1N1C(N)=NCC12CCSCC2. The smallest absolute Gasteiger partial charge is 0.196 e. The van der Waals surface area contributed by atoms with Crippen molar-refractivity contribution in [3.8, 4) is 0 Å². The number of rotatable bonds is 1. The van der Waals surface area contributed by atoms with E-state index >= 15 is 0 Å². The molecule has 0 atom stereocenters. The highest BCUT2D eigenvalue weighted by molar-refractivity contribution is 7.99. The van der Waals surface area contributed by atoms with Crippen molar-refractivity contribution in [3.05, 3.63) is 29.8 Å². The first-order valence-electron chi connectivity index (χ1n) is 6.46. The summed E-state index contributed by atoms with van der Waals surface area (Å²) in [7, 11) is 0. The number of benzene rings is 1. The van der Waals surface area contributed by atoms with Gasteiger partial charge in [-0.25, -0.2) is 0 Å². The Morgan fingerprint density at radius 2 is 2.00 bits per heavy atom. The third-order valence-electron chi connectivity index (χ3n) is 4.02. The van der Waals surface area contributed by atoms with Crippen LogP contribution in [0, 0.1) is 6.92 Å². The van der Waals surface area contributed by atoms with Gasteiger partial charge in [0.2, 0.25) is 0 Å². The maximum absolute atomic E-state index is 6.15. The van der Waals surface area contributed by atoms with E-state index in [-0.39, 0.29) is 5.54 Å². The van der Waals surface area contributed by atoms with Gasteiger partial charge in [0.05, 0.1) is 12.1 Å². The molecule has 3 nitrogen and oxygen atoms in total. The Balaban J connectivity index is 2.01. The zero-order valence-corrected chi connectivity index (χ0v) is 11.5. The highest BCUT2D eigenvalue weighted by atomic mass is 32.2. The molecule has 1 fully saturated rings. The van der Waals surface area contributed by atoms with E-state index < -0.39 is 0 Å². The molecule has 0 amide bonds. The summed E-state index contributed by atoms with van der Waals surface area (Å²) in [6, 6.07) is 8.46. The fourth-order valence-corrected chi connectivity index (χ4v) is 4.19. The Labute approximate surface area is 112 Å². The summed E-state index contributed by atoms with van der Waals surface area (Å²) in [4.78, 5) is 6.82. The summed E-state index contributed by atoms with van der Waals surface area (Å²) < 4.78 is 0. The summed E-state index contributed by atoms with van der Waals surface area (Å²) in [5, 5.41) is 0. The van der Waals surface area contributed by atoms with Crippen molar-refractivity contribution in [2.75, 3.05) is 23.0 Å². The topological polar surface area (TPSA) is 41.6 Å². The number of anilines is 1.